The Hall–Kier alpha value is -0.300. The number of amides is 1. The van der Waals surface area contributed by atoms with Crippen LogP contribution in [0.4, 0.5) is 0 Å². The van der Waals surface area contributed by atoms with Gasteiger partial charge in [-0.2, -0.15) is 0 Å². The fourth-order valence-electron chi connectivity index (χ4n) is 3.08. The average Bonchev–Trinajstić information content (AvgIpc) is 3.25. The highest BCUT2D eigenvalue weighted by Crippen LogP contribution is 2.48. The lowest BCUT2D eigenvalue weighted by molar-refractivity contribution is -0.135. The lowest BCUT2D eigenvalue weighted by Crippen LogP contribution is -2.39. The highest BCUT2D eigenvalue weighted by molar-refractivity contribution is 6.55. The number of carbonyl (C=O) groups excluding carboxylic acids is 1. The van der Waals surface area contributed by atoms with Gasteiger partial charge in [-0.25, -0.2) is 0 Å². The van der Waals surface area contributed by atoms with Crippen LogP contribution in [0.15, 0.2) is 18.2 Å². The maximum atomic E-state index is 13.0. The first-order chi connectivity index (χ1) is 14.7. The van der Waals surface area contributed by atoms with Gasteiger partial charge >= 0.3 is 0 Å². The molecule has 1 atom stereocenters. The topological polar surface area (TPSA) is 38.8 Å². The molecule has 168 valence electrons. The number of benzene rings is 2. The molecule has 4 nitrogen and oxygen atoms in total. The summed E-state index contributed by atoms with van der Waals surface area (Å²) in [6.45, 7) is 0.940. The lowest BCUT2D eigenvalue weighted by Gasteiger charge is -2.26. The Morgan fingerprint density at radius 2 is 1.65 bits per heavy atom. The van der Waals surface area contributed by atoms with Crippen LogP contribution >= 0.6 is 81.2 Å². The van der Waals surface area contributed by atoms with E-state index in [0.29, 0.717) is 23.2 Å². The minimum Gasteiger partial charge on any atom is -0.481 e. The van der Waals surface area contributed by atoms with Crippen molar-refractivity contribution in [1.29, 1.82) is 0 Å². The SMILES string of the molecule is O=C(COc1c(Cl)c(Cl)c(Cl)c(Cl)c1Cl)N(Cc1ccc(Cl)cc1Cl)C[C@H]1CCCO1. The van der Waals surface area contributed by atoms with Crippen molar-refractivity contribution in [2.24, 2.45) is 0 Å². The average molecular weight is 567 g/mol. The summed E-state index contributed by atoms with van der Waals surface area (Å²) in [5, 5.41) is 0.902. The first kappa shape index (κ1) is 25.3. The number of hydrogen-bond acceptors (Lipinski definition) is 3. The predicted molar refractivity (Wildman–Crippen MR) is 128 cm³/mol. The van der Waals surface area contributed by atoms with Crippen LogP contribution in [0.3, 0.4) is 0 Å². The van der Waals surface area contributed by atoms with Gasteiger partial charge in [-0.1, -0.05) is 87.3 Å². The van der Waals surface area contributed by atoms with Crippen LogP contribution in [0.1, 0.15) is 18.4 Å². The largest absolute Gasteiger partial charge is 0.481 e. The Kier molecular flexibility index (Phi) is 9.16. The van der Waals surface area contributed by atoms with E-state index in [1.165, 1.54) is 0 Å². The number of carbonyl (C=O) groups is 1. The maximum Gasteiger partial charge on any atom is 0.260 e. The van der Waals surface area contributed by atoms with Gasteiger partial charge < -0.3 is 14.4 Å². The third-order valence-electron chi connectivity index (χ3n) is 4.69. The summed E-state index contributed by atoms with van der Waals surface area (Å²) in [4.78, 5) is 14.6. The van der Waals surface area contributed by atoms with E-state index in [0.717, 1.165) is 18.4 Å². The third-order valence-corrected chi connectivity index (χ3v) is 7.52. The van der Waals surface area contributed by atoms with Crippen molar-refractivity contribution in [3.63, 3.8) is 0 Å². The van der Waals surface area contributed by atoms with E-state index in [9.17, 15) is 4.79 Å². The molecule has 1 heterocycles. The lowest BCUT2D eigenvalue weighted by atomic mass is 10.1. The second-order valence-corrected chi connectivity index (χ2v) is 9.57. The van der Waals surface area contributed by atoms with Gasteiger partial charge in [-0.3, -0.25) is 4.79 Å². The van der Waals surface area contributed by atoms with Crippen LogP contribution < -0.4 is 4.74 Å². The summed E-state index contributed by atoms with van der Waals surface area (Å²) in [5.41, 5.74) is 0.742. The summed E-state index contributed by atoms with van der Waals surface area (Å²) < 4.78 is 11.3. The van der Waals surface area contributed by atoms with Gasteiger partial charge in [0.25, 0.3) is 5.91 Å². The van der Waals surface area contributed by atoms with Gasteiger partial charge in [0.1, 0.15) is 10.0 Å². The first-order valence-corrected chi connectivity index (χ1v) is 11.8. The minimum atomic E-state index is -0.355. The second kappa shape index (κ2) is 11.2. The van der Waals surface area contributed by atoms with E-state index in [4.69, 9.17) is 90.7 Å². The quantitative estimate of drug-likeness (QED) is 0.253. The van der Waals surface area contributed by atoms with E-state index < -0.39 is 0 Å². The van der Waals surface area contributed by atoms with Gasteiger partial charge in [-0.15, -0.1) is 0 Å². The van der Waals surface area contributed by atoms with E-state index in [2.05, 4.69) is 0 Å². The van der Waals surface area contributed by atoms with Crippen LogP contribution in [0.2, 0.25) is 35.2 Å². The summed E-state index contributed by atoms with van der Waals surface area (Å²) in [7, 11) is 0. The Balaban J connectivity index is 1.78. The molecular weight excluding hydrogens is 550 g/mol. The molecule has 2 aromatic carbocycles. The summed E-state index contributed by atoms with van der Waals surface area (Å²) >= 11 is 42.8. The number of ether oxygens (including phenoxy) is 2. The highest BCUT2D eigenvalue weighted by Gasteiger charge is 2.26. The van der Waals surface area contributed by atoms with Crippen molar-refractivity contribution in [2.45, 2.75) is 25.5 Å². The Morgan fingerprint density at radius 1 is 1.00 bits per heavy atom. The molecule has 11 heteroatoms. The van der Waals surface area contributed by atoms with Crippen molar-refractivity contribution in [1.82, 2.24) is 4.90 Å². The molecule has 1 amide bonds. The molecule has 31 heavy (non-hydrogen) atoms. The van der Waals surface area contributed by atoms with E-state index in [1.807, 2.05) is 0 Å². The minimum absolute atomic E-state index is 0.00870. The van der Waals surface area contributed by atoms with Crippen molar-refractivity contribution in [3.05, 3.63) is 58.9 Å². The van der Waals surface area contributed by atoms with Crippen molar-refractivity contribution >= 4 is 87.1 Å². The monoisotopic (exact) mass is 563 g/mol. The van der Waals surface area contributed by atoms with Gasteiger partial charge in [0, 0.05) is 29.7 Å². The molecule has 1 fully saturated rings. The van der Waals surface area contributed by atoms with Crippen LogP contribution in [0.25, 0.3) is 0 Å². The molecule has 3 rings (SSSR count). The van der Waals surface area contributed by atoms with E-state index in [-0.39, 0.29) is 56.0 Å². The summed E-state index contributed by atoms with van der Waals surface area (Å²) in [6, 6.07) is 5.11. The molecule has 0 radical (unpaired) electrons. The molecule has 0 aliphatic carbocycles. The van der Waals surface area contributed by atoms with Crippen LogP contribution in [-0.2, 0) is 16.1 Å². The van der Waals surface area contributed by atoms with Crippen LogP contribution in [0.5, 0.6) is 5.75 Å². The molecule has 0 aromatic heterocycles. The summed E-state index contributed by atoms with van der Waals surface area (Å²) in [6.07, 6.45) is 1.73. The molecule has 1 saturated heterocycles. The van der Waals surface area contributed by atoms with Gasteiger partial charge in [-0.05, 0) is 30.5 Å². The predicted octanol–water partition coefficient (Wildman–Crippen LogP) is 7.85. The number of halogens is 7. The molecule has 1 aliphatic heterocycles. The van der Waals surface area contributed by atoms with Crippen molar-refractivity contribution < 1.29 is 14.3 Å². The third kappa shape index (κ3) is 6.18. The van der Waals surface area contributed by atoms with E-state index in [1.54, 1.807) is 23.1 Å². The normalized spacial score (nSPS) is 15.9. The summed E-state index contributed by atoms with van der Waals surface area (Å²) in [5.74, 6) is -0.339. The Bertz CT molecular complexity index is 951. The number of rotatable bonds is 7. The van der Waals surface area contributed by atoms with Crippen LogP contribution in [-0.4, -0.2) is 36.7 Å². The molecule has 0 N–H and O–H groups in total. The standard InChI is InChI=1S/C20H16Cl7NO3/c21-11-4-3-10(13(22)6-11)7-28(8-12-2-1-5-30-12)14(29)9-31-20-18(26)16(24)15(23)17(25)19(20)27/h3-4,6,12H,1-2,5,7-9H2/t12-/m1/s1. The molecule has 0 unspecified atom stereocenters. The Labute approximate surface area is 215 Å². The zero-order chi connectivity index (χ0) is 22.7. The van der Waals surface area contributed by atoms with Crippen molar-refractivity contribution in [3.8, 4) is 5.75 Å². The van der Waals surface area contributed by atoms with E-state index >= 15 is 0 Å². The Morgan fingerprint density at radius 3 is 2.23 bits per heavy atom. The zero-order valence-electron chi connectivity index (χ0n) is 15.9. The van der Waals surface area contributed by atoms with Crippen molar-refractivity contribution in [2.75, 3.05) is 19.8 Å². The smallest absolute Gasteiger partial charge is 0.260 e. The first-order valence-electron chi connectivity index (χ1n) is 9.16. The van der Waals surface area contributed by atoms with Gasteiger partial charge in [0.05, 0.1) is 21.2 Å². The molecular formula is C20H16Cl7NO3. The molecule has 0 saturated carbocycles. The highest BCUT2D eigenvalue weighted by atomic mass is 35.5. The van der Waals surface area contributed by atoms with Gasteiger partial charge in [0.15, 0.2) is 12.4 Å². The second-order valence-electron chi connectivity index (χ2n) is 6.83. The molecule has 1 aliphatic rings. The maximum absolute atomic E-state index is 13.0. The molecule has 0 bridgehead atoms. The fourth-order valence-corrected chi connectivity index (χ4v) is 4.78. The number of nitrogens with zero attached hydrogens (tertiary/aromatic N) is 1. The molecule has 2 aromatic rings. The fraction of sp³-hybridized carbons (Fsp3) is 0.350. The van der Waals surface area contributed by atoms with Gasteiger partial charge in [0.2, 0.25) is 0 Å². The zero-order valence-corrected chi connectivity index (χ0v) is 21.2. The molecule has 0 spiro atoms. The van der Waals surface area contributed by atoms with Crippen LogP contribution in [0, 0.1) is 0 Å². The number of hydrogen-bond donors (Lipinski definition) is 0.